The van der Waals surface area contributed by atoms with Crippen molar-refractivity contribution in [1.82, 2.24) is 0 Å². The predicted molar refractivity (Wildman–Crippen MR) is 73.2 cm³/mol. The van der Waals surface area contributed by atoms with Crippen molar-refractivity contribution in [2.45, 2.75) is 32.9 Å². The monoisotopic (exact) mass is 247 g/mol. The minimum atomic E-state index is -0.796. The summed E-state index contributed by atoms with van der Waals surface area (Å²) in [4.78, 5) is 2.00. The highest BCUT2D eigenvalue weighted by atomic mass is 16.3. The third kappa shape index (κ3) is 3.73. The van der Waals surface area contributed by atoms with E-state index in [1.54, 1.807) is 13.8 Å². The molecule has 0 heterocycles. The van der Waals surface area contributed by atoms with Gasteiger partial charge in [0.1, 0.15) is 6.07 Å². The van der Waals surface area contributed by atoms with Gasteiger partial charge in [-0.05, 0) is 38.5 Å². The molecule has 0 radical (unpaired) electrons. The van der Waals surface area contributed by atoms with Crippen LogP contribution in [-0.2, 0) is 6.54 Å². The van der Waals surface area contributed by atoms with E-state index in [1.807, 2.05) is 30.0 Å². The molecule has 1 rings (SSSR count). The molecule has 0 saturated carbocycles. The van der Waals surface area contributed by atoms with Gasteiger partial charge in [0.2, 0.25) is 0 Å². The highest BCUT2D eigenvalue weighted by molar-refractivity contribution is 5.60. The van der Waals surface area contributed by atoms with Gasteiger partial charge in [0, 0.05) is 19.6 Å². The van der Waals surface area contributed by atoms with Crippen LogP contribution in [0.5, 0.6) is 0 Å². The summed E-state index contributed by atoms with van der Waals surface area (Å²) in [5.74, 6) is 0. The summed E-state index contributed by atoms with van der Waals surface area (Å²) in [5.41, 5.74) is 7.16. The lowest BCUT2D eigenvalue weighted by atomic mass is 10.1. The van der Waals surface area contributed by atoms with Crippen molar-refractivity contribution >= 4 is 5.69 Å². The van der Waals surface area contributed by atoms with Gasteiger partial charge < -0.3 is 15.7 Å². The fourth-order valence-electron chi connectivity index (χ4n) is 1.91. The molecule has 98 valence electrons. The Labute approximate surface area is 109 Å². The molecule has 0 amide bonds. The van der Waals surface area contributed by atoms with Gasteiger partial charge in [0.25, 0.3) is 0 Å². The molecule has 3 N–H and O–H groups in total. The molecule has 1 aromatic carbocycles. The first-order valence-electron chi connectivity index (χ1n) is 6.11. The third-order valence-corrected chi connectivity index (χ3v) is 2.72. The first-order chi connectivity index (χ1) is 8.41. The Morgan fingerprint density at radius 3 is 2.56 bits per heavy atom. The van der Waals surface area contributed by atoms with Gasteiger partial charge in [-0.3, -0.25) is 0 Å². The number of nitriles is 1. The Balaban J connectivity index is 3.10. The molecule has 0 aliphatic carbocycles. The van der Waals surface area contributed by atoms with Gasteiger partial charge in [0.05, 0.1) is 16.9 Å². The van der Waals surface area contributed by atoms with Crippen LogP contribution >= 0.6 is 0 Å². The Morgan fingerprint density at radius 1 is 1.44 bits per heavy atom. The Bertz CT molecular complexity index is 443. The second kappa shape index (κ2) is 5.85. The van der Waals surface area contributed by atoms with Gasteiger partial charge in [-0.15, -0.1) is 0 Å². The zero-order chi connectivity index (χ0) is 13.8. The van der Waals surface area contributed by atoms with Crippen LogP contribution in [0, 0.1) is 11.3 Å². The Morgan fingerprint density at radius 2 is 2.11 bits per heavy atom. The number of nitrogens with zero attached hydrogens (tertiary/aromatic N) is 2. The topological polar surface area (TPSA) is 73.3 Å². The highest BCUT2D eigenvalue weighted by Gasteiger charge is 2.19. The molecular formula is C14H21N3O. The zero-order valence-corrected chi connectivity index (χ0v) is 11.3. The lowest BCUT2D eigenvalue weighted by Crippen LogP contribution is -2.39. The highest BCUT2D eigenvalue weighted by Crippen LogP contribution is 2.23. The van der Waals surface area contributed by atoms with E-state index in [4.69, 9.17) is 5.73 Å². The van der Waals surface area contributed by atoms with E-state index in [0.29, 0.717) is 18.7 Å². The summed E-state index contributed by atoms with van der Waals surface area (Å²) in [6.45, 7) is 7.17. The molecule has 0 aliphatic heterocycles. The molecular weight excluding hydrogens is 226 g/mol. The average molecular weight is 247 g/mol. The van der Waals surface area contributed by atoms with E-state index in [9.17, 15) is 10.4 Å². The van der Waals surface area contributed by atoms with Crippen molar-refractivity contribution < 1.29 is 5.11 Å². The summed E-state index contributed by atoms with van der Waals surface area (Å²) < 4.78 is 0. The smallest absolute Gasteiger partial charge is 0.101 e. The Hall–Kier alpha value is -1.57. The molecule has 0 aliphatic rings. The molecule has 0 fully saturated rings. The fraction of sp³-hybridized carbons (Fsp3) is 0.500. The number of benzene rings is 1. The van der Waals surface area contributed by atoms with E-state index in [-0.39, 0.29) is 0 Å². The molecule has 4 heteroatoms. The zero-order valence-electron chi connectivity index (χ0n) is 11.3. The summed E-state index contributed by atoms with van der Waals surface area (Å²) in [6, 6.07) is 7.82. The van der Waals surface area contributed by atoms with Crippen molar-refractivity contribution in [2.24, 2.45) is 5.73 Å². The number of aliphatic hydroxyl groups is 1. The molecule has 0 unspecified atom stereocenters. The van der Waals surface area contributed by atoms with Crippen LogP contribution in [0.15, 0.2) is 18.2 Å². The van der Waals surface area contributed by atoms with E-state index >= 15 is 0 Å². The first kappa shape index (κ1) is 14.5. The van der Waals surface area contributed by atoms with Crippen LogP contribution < -0.4 is 10.6 Å². The van der Waals surface area contributed by atoms with Crippen LogP contribution in [0.25, 0.3) is 0 Å². The molecule has 0 atom stereocenters. The van der Waals surface area contributed by atoms with Gasteiger partial charge in [0.15, 0.2) is 0 Å². The first-order valence-corrected chi connectivity index (χ1v) is 6.11. The van der Waals surface area contributed by atoms with E-state index < -0.39 is 5.60 Å². The maximum absolute atomic E-state index is 9.90. The van der Waals surface area contributed by atoms with Gasteiger partial charge in [-0.25, -0.2) is 0 Å². The van der Waals surface area contributed by atoms with Gasteiger partial charge >= 0.3 is 0 Å². The lowest BCUT2D eigenvalue weighted by Gasteiger charge is -2.30. The molecule has 0 saturated heterocycles. The van der Waals surface area contributed by atoms with Crippen LogP contribution in [0.2, 0.25) is 0 Å². The molecule has 4 nitrogen and oxygen atoms in total. The van der Waals surface area contributed by atoms with Gasteiger partial charge in [-0.2, -0.15) is 5.26 Å². The van der Waals surface area contributed by atoms with E-state index in [2.05, 4.69) is 6.07 Å². The predicted octanol–water partition coefficient (Wildman–Crippen LogP) is 1.61. The number of anilines is 1. The van der Waals surface area contributed by atoms with Crippen LogP contribution in [0.3, 0.4) is 0 Å². The van der Waals surface area contributed by atoms with Crippen molar-refractivity contribution in [3.8, 4) is 6.07 Å². The van der Waals surface area contributed by atoms with Crippen LogP contribution in [0.4, 0.5) is 5.69 Å². The normalized spacial score (nSPS) is 11.1. The SMILES string of the molecule is CCN(CC(C)(C)O)c1ccc(CN)cc1C#N. The van der Waals surface area contributed by atoms with E-state index in [1.165, 1.54) is 0 Å². The second-order valence-electron chi connectivity index (χ2n) is 4.99. The minimum Gasteiger partial charge on any atom is -0.389 e. The van der Waals surface area contributed by atoms with Crippen LogP contribution in [-0.4, -0.2) is 23.8 Å². The molecule has 0 aromatic heterocycles. The summed E-state index contributed by atoms with van der Waals surface area (Å²) >= 11 is 0. The lowest BCUT2D eigenvalue weighted by molar-refractivity contribution is 0.0876. The fourth-order valence-corrected chi connectivity index (χ4v) is 1.91. The average Bonchev–Trinajstić information content (AvgIpc) is 2.34. The number of hydrogen-bond acceptors (Lipinski definition) is 4. The molecule has 18 heavy (non-hydrogen) atoms. The maximum Gasteiger partial charge on any atom is 0.101 e. The molecule has 0 spiro atoms. The summed E-state index contributed by atoms with van der Waals surface area (Å²) in [5, 5.41) is 19.1. The van der Waals surface area contributed by atoms with Crippen molar-refractivity contribution in [2.75, 3.05) is 18.0 Å². The largest absolute Gasteiger partial charge is 0.389 e. The van der Waals surface area contributed by atoms with Crippen molar-refractivity contribution in [1.29, 1.82) is 5.26 Å². The van der Waals surface area contributed by atoms with Crippen molar-refractivity contribution in [3.63, 3.8) is 0 Å². The third-order valence-electron chi connectivity index (χ3n) is 2.72. The number of rotatable bonds is 5. The Kier molecular flexibility index (Phi) is 4.71. The summed E-state index contributed by atoms with van der Waals surface area (Å²) in [6.07, 6.45) is 0. The summed E-state index contributed by atoms with van der Waals surface area (Å²) in [7, 11) is 0. The number of hydrogen-bond donors (Lipinski definition) is 2. The van der Waals surface area contributed by atoms with Crippen molar-refractivity contribution in [3.05, 3.63) is 29.3 Å². The molecule has 0 bridgehead atoms. The van der Waals surface area contributed by atoms with Gasteiger partial charge in [-0.1, -0.05) is 6.07 Å². The quantitative estimate of drug-likeness (QED) is 0.829. The second-order valence-corrected chi connectivity index (χ2v) is 4.99. The number of nitrogens with two attached hydrogens (primary N) is 1. The maximum atomic E-state index is 9.90. The minimum absolute atomic E-state index is 0.423. The number of likely N-dealkylation sites (N-methyl/N-ethyl adjacent to an activating group) is 1. The standard InChI is InChI=1S/C14H21N3O/c1-4-17(10-14(2,3)18)13-6-5-11(8-15)7-12(13)9-16/h5-7,18H,4,8,10,15H2,1-3H3. The molecule has 1 aromatic rings. The van der Waals surface area contributed by atoms with Crippen LogP contribution in [0.1, 0.15) is 31.9 Å². The van der Waals surface area contributed by atoms with E-state index in [0.717, 1.165) is 17.8 Å².